The fraction of sp³-hybridized carbons (Fsp3) is 1.00. The monoisotopic (exact) mass is 212 g/mol. The van der Waals surface area contributed by atoms with E-state index in [0.29, 0.717) is 22.9 Å². The van der Waals surface area contributed by atoms with Gasteiger partial charge in [-0.2, -0.15) is 0 Å². The van der Waals surface area contributed by atoms with Gasteiger partial charge in [0.2, 0.25) is 0 Å². The lowest BCUT2D eigenvalue weighted by Gasteiger charge is -2.43. The van der Waals surface area contributed by atoms with Crippen LogP contribution in [0.4, 0.5) is 0 Å². The Balaban J connectivity index is 3.03. The van der Waals surface area contributed by atoms with Crippen LogP contribution in [0.1, 0.15) is 55.4 Å². The summed E-state index contributed by atoms with van der Waals surface area (Å²) in [5, 5.41) is 0. The van der Waals surface area contributed by atoms with E-state index in [-0.39, 0.29) is 5.41 Å². The third-order valence-corrected chi connectivity index (χ3v) is 3.57. The first-order chi connectivity index (χ1) is 6.46. The van der Waals surface area contributed by atoms with Gasteiger partial charge in [0.15, 0.2) is 0 Å². The Labute approximate surface area is 95.6 Å². The summed E-state index contributed by atoms with van der Waals surface area (Å²) in [6.45, 7) is 19.5. The second-order valence-corrected chi connectivity index (χ2v) is 7.93. The summed E-state index contributed by atoms with van der Waals surface area (Å²) < 4.78 is 6.07. The van der Waals surface area contributed by atoms with Crippen LogP contribution in [0.5, 0.6) is 0 Å². The maximum Gasteiger partial charge on any atom is 0.0662 e. The van der Waals surface area contributed by atoms with Crippen LogP contribution >= 0.6 is 0 Å². The first kappa shape index (κ1) is 13.0. The molecule has 0 aromatic heterocycles. The van der Waals surface area contributed by atoms with E-state index in [9.17, 15) is 0 Å². The fourth-order valence-corrected chi connectivity index (χ4v) is 3.28. The van der Waals surface area contributed by atoms with Crippen molar-refractivity contribution in [2.75, 3.05) is 6.61 Å². The molecule has 1 rings (SSSR count). The smallest absolute Gasteiger partial charge is 0.0662 e. The summed E-state index contributed by atoms with van der Waals surface area (Å²) in [5.41, 5.74) is 0.861. The summed E-state index contributed by atoms with van der Waals surface area (Å²) in [6.07, 6.45) is 0.382. The zero-order chi connectivity index (χ0) is 12.1. The van der Waals surface area contributed by atoms with Crippen molar-refractivity contribution in [3.8, 4) is 0 Å². The van der Waals surface area contributed by atoms with Gasteiger partial charge in [-0.1, -0.05) is 55.4 Å². The molecule has 1 heteroatoms. The van der Waals surface area contributed by atoms with Crippen molar-refractivity contribution in [1.82, 2.24) is 0 Å². The standard InChI is InChI=1S/C14H28O/c1-12(2,3)10-11(13(4,5)6)15-9-14(10,7)8/h10-11H,9H2,1-8H3. The van der Waals surface area contributed by atoms with Crippen molar-refractivity contribution in [2.45, 2.75) is 61.5 Å². The maximum absolute atomic E-state index is 6.07. The molecule has 0 aromatic rings. The van der Waals surface area contributed by atoms with Gasteiger partial charge < -0.3 is 4.74 Å². The van der Waals surface area contributed by atoms with Crippen molar-refractivity contribution >= 4 is 0 Å². The molecule has 0 saturated carbocycles. The minimum atomic E-state index is 0.242. The SMILES string of the molecule is CC(C)(C)C1OCC(C)(C)C1C(C)(C)C. The zero-order valence-electron chi connectivity index (χ0n) is 11.8. The molecule has 0 spiro atoms. The first-order valence-electron chi connectivity index (χ1n) is 6.08. The van der Waals surface area contributed by atoms with Crippen LogP contribution in [-0.4, -0.2) is 12.7 Å². The Hall–Kier alpha value is -0.0400. The molecular formula is C14H28O. The highest BCUT2D eigenvalue weighted by Crippen LogP contribution is 2.52. The highest BCUT2D eigenvalue weighted by atomic mass is 16.5. The third-order valence-electron chi connectivity index (χ3n) is 3.57. The molecule has 1 fully saturated rings. The molecule has 0 aliphatic carbocycles. The van der Waals surface area contributed by atoms with Crippen molar-refractivity contribution in [3.63, 3.8) is 0 Å². The maximum atomic E-state index is 6.07. The molecule has 2 atom stereocenters. The fourth-order valence-electron chi connectivity index (χ4n) is 3.28. The van der Waals surface area contributed by atoms with Crippen LogP contribution in [0.15, 0.2) is 0 Å². The molecule has 0 radical (unpaired) electrons. The summed E-state index contributed by atoms with van der Waals surface area (Å²) >= 11 is 0. The molecule has 2 unspecified atom stereocenters. The van der Waals surface area contributed by atoms with Crippen LogP contribution in [0.3, 0.4) is 0 Å². The Morgan fingerprint density at radius 3 is 1.67 bits per heavy atom. The van der Waals surface area contributed by atoms with Crippen LogP contribution in [0, 0.1) is 22.2 Å². The second-order valence-electron chi connectivity index (χ2n) is 7.93. The van der Waals surface area contributed by atoms with Gasteiger partial charge in [-0.15, -0.1) is 0 Å². The van der Waals surface area contributed by atoms with Crippen molar-refractivity contribution in [1.29, 1.82) is 0 Å². The number of hydrogen-bond donors (Lipinski definition) is 0. The predicted molar refractivity (Wildman–Crippen MR) is 65.9 cm³/mol. The van der Waals surface area contributed by atoms with E-state index in [1.165, 1.54) is 0 Å². The van der Waals surface area contributed by atoms with E-state index in [4.69, 9.17) is 4.74 Å². The Morgan fingerprint density at radius 1 is 0.933 bits per heavy atom. The number of ether oxygens (including phenoxy) is 1. The van der Waals surface area contributed by atoms with Gasteiger partial charge in [-0.05, 0) is 22.2 Å². The highest BCUT2D eigenvalue weighted by Gasteiger charge is 2.52. The van der Waals surface area contributed by atoms with Crippen LogP contribution in [0.25, 0.3) is 0 Å². The number of hydrogen-bond acceptors (Lipinski definition) is 1. The molecule has 15 heavy (non-hydrogen) atoms. The summed E-state index contributed by atoms with van der Waals surface area (Å²) in [6, 6.07) is 0. The Kier molecular flexibility index (Phi) is 3.02. The Morgan fingerprint density at radius 2 is 1.40 bits per heavy atom. The van der Waals surface area contributed by atoms with E-state index in [0.717, 1.165) is 6.61 Å². The third kappa shape index (κ3) is 2.55. The van der Waals surface area contributed by atoms with E-state index in [2.05, 4.69) is 55.4 Å². The van der Waals surface area contributed by atoms with Gasteiger partial charge in [0.1, 0.15) is 0 Å². The average molecular weight is 212 g/mol. The zero-order valence-corrected chi connectivity index (χ0v) is 11.8. The van der Waals surface area contributed by atoms with Crippen LogP contribution in [-0.2, 0) is 4.74 Å². The molecule has 0 aromatic carbocycles. The van der Waals surface area contributed by atoms with E-state index >= 15 is 0 Å². The first-order valence-corrected chi connectivity index (χ1v) is 6.08. The molecule has 0 amide bonds. The van der Waals surface area contributed by atoms with Gasteiger partial charge in [0.25, 0.3) is 0 Å². The lowest BCUT2D eigenvalue weighted by atomic mass is 9.61. The lowest BCUT2D eigenvalue weighted by molar-refractivity contribution is -0.0213. The normalized spacial score (nSPS) is 32.0. The van der Waals surface area contributed by atoms with Crippen LogP contribution in [0.2, 0.25) is 0 Å². The molecule has 90 valence electrons. The van der Waals surface area contributed by atoms with Gasteiger partial charge in [0, 0.05) is 0 Å². The second kappa shape index (κ2) is 3.48. The lowest BCUT2D eigenvalue weighted by Crippen LogP contribution is -2.43. The van der Waals surface area contributed by atoms with E-state index in [1.807, 2.05) is 0 Å². The summed E-state index contributed by atoms with van der Waals surface area (Å²) in [7, 11) is 0. The molecule has 1 saturated heterocycles. The van der Waals surface area contributed by atoms with E-state index in [1.54, 1.807) is 0 Å². The molecule has 1 aliphatic heterocycles. The topological polar surface area (TPSA) is 9.23 Å². The summed E-state index contributed by atoms with van der Waals surface area (Å²) in [4.78, 5) is 0. The van der Waals surface area contributed by atoms with Crippen molar-refractivity contribution in [2.24, 2.45) is 22.2 Å². The largest absolute Gasteiger partial charge is 0.377 e. The van der Waals surface area contributed by atoms with E-state index < -0.39 is 0 Å². The van der Waals surface area contributed by atoms with Gasteiger partial charge in [-0.3, -0.25) is 0 Å². The quantitative estimate of drug-likeness (QED) is 0.587. The highest BCUT2D eigenvalue weighted by molar-refractivity contribution is 5.00. The molecule has 1 nitrogen and oxygen atoms in total. The molecule has 0 N–H and O–H groups in total. The van der Waals surface area contributed by atoms with Gasteiger partial charge in [0.05, 0.1) is 12.7 Å². The van der Waals surface area contributed by atoms with Gasteiger partial charge >= 0.3 is 0 Å². The minimum Gasteiger partial charge on any atom is -0.377 e. The molecule has 1 aliphatic rings. The van der Waals surface area contributed by atoms with Crippen LogP contribution < -0.4 is 0 Å². The number of rotatable bonds is 0. The van der Waals surface area contributed by atoms with Crippen molar-refractivity contribution in [3.05, 3.63) is 0 Å². The minimum absolute atomic E-state index is 0.242. The summed E-state index contributed by atoms with van der Waals surface area (Å²) in [5.74, 6) is 0.630. The molecule has 1 heterocycles. The van der Waals surface area contributed by atoms with Gasteiger partial charge in [-0.25, -0.2) is 0 Å². The van der Waals surface area contributed by atoms with Crippen molar-refractivity contribution < 1.29 is 4.74 Å². The molecule has 0 bridgehead atoms. The molecular weight excluding hydrogens is 184 g/mol. The average Bonchev–Trinajstić information content (AvgIpc) is 2.21. The predicted octanol–water partition coefficient (Wildman–Crippen LogP) is 4.12. The Bertz CT molecular complexity index is 227.